The van der Waals surface area contributed by atoms with Gasteiger partial charge in [-0.25, -0.2) is 4.79 Å². The van der Waals surface area contributed by atoms with Crippen molar-refractivity contribution < 1.29 is 43.1 Å². The molecule has 2 aliphatic heterocycles. The first kappa shape index (κ1) is 51.4. The number of esters is 1. The van der Waals surface area contributed by atoms with E-state index >= 15 is 0 Å². The zero-order chi connectivity index (χ0) is 48.3. The van der Waals surface area contributed by atoms with Gasteiger partial charge in [0, 0.05) is 107 Å². The summed E-state index contributed by atoms with van der Waals surface area (Å²) in [5.41, 5.74) is 11.9. The first-order valence-corrected chi connectivity index (χ1v) is 23.3. The minimum Gasteiger partial charge on any atom is -0.461 e. The Labute approximate surface area is 392 Å². The molecule has 5 N–H and O–H groups in total. The van der Waals surface area contributed by atoms with Gasteiger partial charge in [0.1, 0.15) is 12.4 Å². The molecule has 358 valence electrons. The molecule has 2 unspecified atom stereocenters. The molecule has 2 aliphatic rings. The summed E-state index contributed by atoms with van der Waals surface area (Å²) in [6.45, 7) is 9.16. The van der Waals surface area contributed by atoms with Crippen LogP contribution in [0.2, 0.25) is 0 Å². The molecular weight excluding hydrogens is 855 g/mol. The molecule has 0 bridgehead atoms. The number of ketones is 2. The van der Waals surface area contributed by atoms with Gasteiger partial charge >= 0.3 is 12.0 Å². The summed E-state index contributed by atoms with van der Waals surface area (Å²) in [6, 6.07) is 15.3. The van der Waals surface area contributed by atoms with Crippen LogP contribution in [-0.4, -0.2) is 94.2 Å². The van der Waals surface area contributed by atoms with Gasteiger partial charge in [0.2, 0.25) is 5.91 Å². The van der Waals surface area contributed by atoms with Gasteiger partial charge in [-0.2, -0.15) is 0 Å². The van der Waals surface area contributed by atoms with Gasteiger partial charge in [0.15, 0.2) is 5.78 Å². The number of pyridine rings is 1. The number of fused-ring (bicyclic) bond motifs is 1. The van der Waals surface area contributed by atoms with Gasteiger partial charge in [0.05, 0.1) is 6.04 Å². The third kappa shape index (κ3) is 17.0. The third-order valence-electron chi connectivity index (χ3n) is 12.0. The number of urea groups is 1. The van der Waals surface area contributed by atoms with Crippen molar-refractivity contribution in [2.75, 3.05) is 26.2 Å². The van der Waals surface area contributed by atoms with Crippen LogP contribution in [0.5, 0.6) is 0 Å². The second kappa shape index (κ2) is 26.0. The van der Waals surface area contributed by atoms with Crippen molar-refractivity contribution in [1.29, 1.82) is 0 Å². The molecule has 0 radical (unpaired) electrons. The largest absolute Gasteiger partial charge is 0.461 e. The highest BCUT2D eigenvalue weighted by Crippen LogP contribution is 2.22. The molecule has 3 aromatic rings. The Morgan fingerprint density at radius 1 is 0.821 bits per heavy atom. The molecular formula is C51H65N7O9. The number of primary amides is 1. The lowest BCUT2D eigenvalue weighted by Gasteiger charge is -2.28. The molecule has 1 aromatic heterocycles. The number of rotatable bonds is 27. The third-order valence-corrected chi connectivity index (χ3v) is 12.0. The quantitative estimate of drug-likeness (QED) is 0.0454. The summed E-state index contributed by atoms with van der Waals surface area (Å²) in [7, 11) is 0. The molecule has 2 atom stereocenters. The molecule has 0 spiro atoms. The fourth-order valence-corrected chi connectivity index (χ4v) is 8.12. The topological polar surface area (TPSA) is 227 Å². The van der Waals surface area contributed by atoms with Crippen LogP contribution < -0.4 is 21.7 Å². The van der Waals surface area contributed by atoms with Crippen molar-refractivity contribution in [3.63, 3.8) is 0 Å². The maximum Gasteiger partial charge on any atom is 0.312 e. The highest BCUT2D eigenvalue weighted by Gasteiger charge is 2.29. The number of carbonyl (C=O) groups excluding carboxylic acids is 8. The molecule has 6 amide bonds. The summed E-state index contributed by atoms with van der Waals surface area (Å²) < 4.78 is 5.46. The molecule has 16 heteroatoms. The average molecular weight is 920 g/mol. The molecule has 67 heavy (non-hydrogen) atoms. The van der Waals surface area contributed by atoms with Crippen molar-refractivity contribution in [3.8, 4) is 0 Å². The Hall–Kier alpha value is -6.55. The number of aromatic nitrogens is 1. The molecule has 5 rings (SSSR count). The number of Topliss-reactive ketones (excluding diaryl/α,β-unsaturated/α-hetero) is 2. The maximum absolute atomic E-state index is 13.7. The Morgan fingerprint density at radius 2 is 1.51 bits per heavy atom. The van der Waals surface area contributed by atoms with E-state index in [0.717, 1.165) is 42.7 Å². The van der Waals surface area contributed by atoms with Crippen LogP contribution in [0, 0.1) is 18.8 Å². The van der Waals surface area contributed by atoms with Crippen LogP contribution >= 0.6 is 0 Å². The van der Waals surface area contributed by atoms with Gasteiger partial charge in [-0.3, -0.25) is 48.3 Å². The molecule has 2 aromatic carbocycles. The zero-order valence-electron chi connectivity index (χ0n) is 39.0. The number of nitrogens with zero attached hydrogens (tertiary/aromatic N) is 3. The van der Waals surface area contributed by atoms with Crippen LogP contribution in [0.25, 0.3) is 0 Å². The average Bonchev–Trinajstić information content (AvgIpc) is 3.62. The van der Waals surface area contributed by atoms with Gasteiger partial charge in [-0.05, 0) is 84.9 Å². The number of benzene rings is 2. The number of hydrogen-bond donors (Lipinski definition) is 4. The van der Waals surface area contributed by atoms with E-state index in [1.165, 1.54) is 28.3 Å². The number of nitrogens with one attached hydrogen (secondary N) is 3. The SMILES string of the molecule is Cc1cnc2c(c1)CN(Cc1ccc(C(=O)NCCCC(=O)OCc3ccc(CC(=O)C(CCCNC(N)=O)NC(=O)C(CC(=O)CCCCCN4C(=O)C=CC4=O)C(C)C)cc3)cc1)CC2. The highest BCUT2D eigenvalue weighted by atomic mass is 16.5. The van der Waals surface area contributed by atoms with Crippen molar-refractivity contribution >= 4 is 47.2 Å². The smallest absolute Gasteiger partial charge is 0.312 e. The van der Waals surface area contributed by atoms with Crippen LogP contribution in [0.15, 0.2) is 72.9 Å². The molecule has 3 heterocycles. The van der Waals surface area contributed by atoms with Crippen LogP contribution in [0.4, 0.5) is 4.79 Å². The molecule has 16 nitrogen and oxygen atoms in total. The second-order valence-electron chi connectivity index (χ2n) is 17.8. The Balaban J connectivity index is 1.01. The lowest BCUT2D eigenvalue weighted by atomic mass is 9.88. The fourth-order valence-electron chi connectivity index (χ4n) is 8.12. The van der Waals surface area contributed by atoms with Crippen LogP contribution in [0.3, 0.4) is 0 Å². The van der Waals surface area contributed by atoms with E-state index in [4.69, 9.17) is 10.5 Å². The van der Waals surface area contributed by atoms with Gasteiger partial charge in [-0.15, -0.1) is 0 Å². The normalized spacial score (nSPS) is 14.4. The minimum atomic E-state index is -0.883. The first-order chi connectivity index (χ1) is 32.1. The first-order valence-electron chi connectivity index (χ1n) is 23.3. The van der Waals surface area contributed by atoms with E-state index in [1.54, 1.807) is 24.3 Å². The molecule has 0 fully saturated rings. The summed E-state index contributed by atoms with van der Waals surface area (Å²) in [5.74, 6) is -2.88. The Kier molecular flexibility index (Phi) is 19.9. The van der Waals surface area contributed by atoms with Gasteiger partial charge in [0.25, 0.3) is 17.7 Å². The Morgan fingerprint density at radius 3 is 2.21 bits per heavy atom. The number of aryl methyl sites for hydroxylation is 1. The van der Waals surface area contributed by atoms with Crippen LogP contribution in [0.1, 0.15) is 116 Å². The highest BCUT2D eigenvalue weighted by molar-refractivity contribution is 6.12. The van der Waals surface area contributed by atoms with E-state index in [9.17, 15) is 38.4 Å². The van der Waals surface area contributed by atoms with Crippen molar-refractivity contribution in [2.45, 2.75) is 117 Å². The number of amides is 6. The predicted octanol–water partition coefficient (Wildman–Crippen LogP) is 4.96. The monoisotopic (exact) mass is 919 g/mol. The van der Waals surface area contributed by atoms with E-state index in [1.807, 2.05) is 44.3 Å². The fraction of sp³-hybridized carbons (Fsp3) is 0.471. The van der Waals surface area contributed by atoms with E-state index < -0.39 is 29.9 Å². The van der Waals surface area contributed by atoms with Gasteiger partial charge in [-0.1, -0.05) is 62.7 Å². The zero-order valence-corrected chi connectivity index (χ0v) is 39.0. The number of nitrogens with two attached hydrogens (primary N) is 1. The standard InChI is InChI=1S/C51H65N7O9/c1-34(2)42(29-41(59)9-5-4-6-25-58-46(61)20-21-47(58)62)50(65)56-44(10-7-24-54-51(52)66)45(60)28-36-12-14-38(15-13-36)33-67-48(63)11-8-23-53-49(64)39-18-16-37(17-19-39)31-57-26-22-43-40(32-57)27-35(3)30-55-43/h12-21,27,30,34,42,44H,4-11,22-26,28-29,31-33H2,1-3H3,(H,53,64)(H,56,65)(H3,52,54,66). The predicted molar refractivity (Wildman–Crippen MR) is 251 cm³/mol. The minimum absolute atomic E-state index is 0.00595. The Bertz CT molecular complexity index is 2240. The number of hydrogen-bond acceptors (Lipinski definition) is 11. The second-order valence-corrected chi connectivity index (χ2v) is 17.8. The van der Waals surface area contributed by atoms with Crippen molar-refractivity contribution in [1.82, 2.24) is 30.7 Å². The summed E-state index contributed by atoms with van der Waals surface area (Å²) in [6.07, 6.45) is 8.48. The molecule has 0 saturated carbocycles. The lowest BCUT2D eigenvalue weighted by Crippen LogP contribution is -2.46. The van der Waals surface area contributed by atoms with Crippen molar-refractivity contribution in [3.05, 3.63) is 112 Å². The number of carbonyl (C=O) groups is 8. The molecule has 0 aliphatic carbocycles. The van der Waals surface area contributed by atoms with E-state index in [2.05, 4.69) is 38.8 Å². The van der Waals surface area contributed by atoms with Gasteiger partial charge < -0.3 is 26.4 Å². The molecule has 0 saturated heterocycles. The van der Waals surface area contributed by atoms with E-state index in [0.29, 0.717) is 49.8 Å². The number of imide groups is 1. The lowest BCUT2D eigenvalue weighted by molar-refractivity contribution is -0.145. The van der Waals surface area contributed by atoms with Crippen LogP contribution in [-0.2, 0) is 66.0 Å². The maximum atomic E-state index is 13.7. The number of ether oxygens (including phenoxy) is 1. The van der Waals surface area contributed by atoms with Crippen molar-refractivity contribution in [2.24, 2.45) is 17.6 Å². The summed E-state index contributed by atoms with van der Waals surface area (Å²) in [4.78, 5) is 108. The van der Waals surface area contributed by atoms with E-state index in [-0.39, 0.29) is 87.0 Å². The summed E-state index contributed by atoms with van der Waals surface area (Å²) >= 11 is 0. The number of unbranched alkanes of at least 4 members (excludes halogenated alkanes) is 2. The summed E-state index contributed by atoms with van der Waals surface area (Å²) in [5, 5.41) is 8.25.